The molecular weight excluding hydrogens is 360 g/mol. The van der Waals surface area contributed by atoms with E-state index in [1.807, 2.05) is 0 Å². The molecule has 0 aliphatic heterocycles. The number of rotatable bonds is 6. The van der Waals surface area contributed by atoms with Crippen molar-refractivity contribution in [3.8, 4) is 23.0 Å². The van der Waals surface area contributed by atoms with Crippen LogP contribution >= 0.6 is 0 Å². The third-order valence-corrected chi connectivity index (χ3v) is 4.54. The smallest absolute Gasteiger partial charge is 0.168 e. The van der Waals surface area contributed by atoms with Crippen molar-refractivity contribution in [2.45, 2.75) is 25.7 Å². The van der Waals surface area contributed by atoms with Gasteiger partial charge in [0.2, 0.25) is 0 Å². The Morgan fingerprint density at radius 2 is 1.22 bits per heavy atom. The minimum atomic E-state index is -0.734. The summed E-state index contributed by atoms with van der Waals surface area (Å²) in [4.78, 5) is 0. The Kier molecular flexibility index (Phi) is 6.09. The number of phenolic OH excluding ortho intramolecular Hbond substituents is 2. The Hall–Kier alpha value is -3.03. The highest BCUT2D eigenvalue weighted by Crippen LogP contribution is 2.39. The molecule has 0 saturated carbocycles. The van der Waals surface area contributed by atoms with Gasteiger partial charge < -0.3 is 24.9 Å². The molecular formula is C19H21F2NO5. The number of ether oxygens (including phenoxy) is 2. The molecule has 0 bridgehead atoms. The topological polar surface area (TPSA) is 91.5 Å². The van der Waals surface area contributed by atoms with Gasteiger partial charge in [-0.3, -0.25) is 0 Å². The molecule has 27 heavy (non-hydrogen) atoms. The number of aromatic hydroxyl groups is 2. The minimum Gasteiger partial charge on any atom is -0.508 e. The molecule has 0 aromatic heterocycles. The summed E-state index contributed by atoms with van der Waals surface area (Å²) < 4.78 is 37.3. The molecule has 146 valence electrons. The number of phenols is 2. The summed E-state index contributed by atoms with van der Waals surface area (Å²) in [6.45, 7) is 3.27. The van der Waals surface area contributed by atoms with E-state index < -0.39 is 23.5 Å². The quantitative estimate of drug-likeness (QED) is 0.398. The van der Waals surface area contributed by atoms with E-state index in [9.17, 15) is 24.2 Å². The van der Waals surface area contributed by atoms with Gasteiger partial charge in [-0.25, -0.2) is 8.78 Å². The summed E-state index contributed by atoms with van der Waals surface area (Å²) in [7, 11) is 2.58. The van der Waals surface area contributed by atoms with Crippen molar-refractivity contribution in [3.63, 3.8) is 0 Å². The molecule has 2 atom stereocenters. The molecule has 0 amide bonds. The summed E-state index contributed by atoms with van der Waals surface area (Å²) in [6, 6.07) is 4.42. The van der Waals surface area contributed by atoms with Gasteiger partial charge in [0, 0.05) is 35.1 Å². The molecule has 2 unspecified atom stereocenters. The zero-order valence-corrected chi connectivity index (χ0v) is 15.3. The van der Waals surface area contributed by atoms with Crippen LogP contribution in [0.5, 0.6) is 23.0 Å². The number of hydrogen-bond acceptors (Lipinski definition) is 6. The number of oxime groups is 1. The predicted molar refractivity (Wildman–Crippen MR) is 95.3 cm³/mol. The second-order valence-electron chi connectivity index (χ2n) is 6.06. The monoisotopic (exact) mass is 381 g/mol. The maximum atomic E-state index is 13.7. The molecule has 0 saturated heterocycles. The first-order chi connectivity index (χ1) is 12.7. The highest BCUT2D eigenvalue weighted by Gasteiger charge is 2.27. The van der Waals surface area contributed by atoms with Crippen LogP contribution < -0.4 is 9.47 Å². The third kappa shape index (κ3) is 3.89. The summed E-state index contributed by atoms with van der Waals surface area (Å²) in [5, 5.41) is 33.1. The normalized spacial score (nSPS) is 13.0. The zero-order valence-electron chi connectivity index (χ0n) is 15.3. The molecule has 2 aromatic rings. The lowest BCUT2D eigenvalue weighted by atomic mass is 9.84. The average Bonchev–Trinajstić information content (AvgIpc) is 2.62. The first kappa shape index (κ1) is 20.3. The molecule has 0 aliphatic rings. The van der Waals surface area contributed by atoms with Crippen molar-refractivity contribution in [1.82, 2.24) is 0 Å². The molecule has 0 aliphatic carbocycles. The van der Waals surface area contributed by atoms with Crippen LogP contribution in [-0.2, 0) is 0 Å². The largest absolute Gasteiger partial charge is 0.508 e. The van der Waals surface area contributed by atoms with Crippen molar-refractivity contribution in [1.29, 1.82) is 0 Å². The van der Waals surface area contributed by atoms with E-state index in [2.05, 4.69) is 5.16 Å². The van der Waals surface area contributed by atoms with Crippen molar-refractivity contribution in [2.24, 2.45) is 5.16 Å². The fourth-order valence-corrected chi connectivity index (χ4v) is 2.99. The van der Waals surface area contributed by atoms with Gasteiger partial charge in [0.25, 0.3) is 0 Å². The highest BCUT2D eigenvalue weighted by atomic mass is 19.1. The van der Waals surface area contributed by atoms with Crippen LogP contribution in [0.3, 0.4) is 0 Å². The van der Waals surface area contributed by atoms with Gasteiger partial charge in [0.15, 0.2) is 23.1 Å². The molecule has 6 nitrogen and oxygen atoms in total. The van der Waals surface area contributed by atoms with E-state index in [4.69, 9.17) is 9.47 Å². The SMILES string of the molecule is COc1cc(C(C)C(=NO)C(C)c2cc(OC)c(F)cc2O)c(O)cc1F. The molecule has 3 N–H and O–H groups in total. The van der Waals surface area contributed by atoms with Crippen LogP contribution in [0.1, 0.15) is 36.8 Å². The Morgan fingerprint density at radius 3 is 1.52 bits per heavy atom. The maximum Gasteiger partial charge on any atom is 0.168 e. The first-order valence-corrected chi connectivity index (χ1v) is 8.09. The van der Waals surface area contributed by atoms with Gasteiger partial charge in [0.1, 0.15) is 11.5 Å². The minimum absolute atomic E-state index is 0.0779. The second kappa shape index (κ2) is 8.11. The van der Waals surface area contributed by atoms with Crippen molar-refractivity contribution >= 4 is 5.71 Å². The van der Waals surface area contributed by atoms with Crippen LogP contribution in [-0.4, -0.2) is 35.4 Å². The van der Waals surface area contributed by atoms with E-state index in [1.165, 1.54) is 26.4 Å². The van der Waals surface area contributed by atoms with Crippen molar-refractivity contribution in [3.05, 3.63) is 47.0 Å². The van der Waals surface area contributed by atoms with Crippen molar-refractivity contribution in [2.75, 3.05) is 14.2 Å². The van der Waals surface area contributed by atoms with Crippen LogP contribution in [0, 0.1) is 11.6 Å². The van der Waals surface area contributed by atoms with Gasteiger partial charge in [-0.05, 0) is 12.1 Å². The molecule has 0 fully saturated rings. The molecule has 0 heterocycles. The van der Waals surface area contributed by atoms with Gasteiger partial charge in [-0.1, -0.05) is 19.0 Å². The Bertz CT molecular complexity index is 802. The number of halogens is 2. The number of nitrogens with zero attached hydrogens (tertiary/aromatic N) is 1. The van der Waals surface area contributed by atoms with Crippen LogP contribution in [0.15, 0.2) is 29.4 Å². The second-order valence-corrected chi connectivity index (χ2v) is 6.06. The van der Waals surface area contributed by atoms with E-state index >= 15 is 0 Å². The van der Waals surface area contributed by atoms with E-state index in [0.717, 1.165) is 12.1 Å². The van der Waals surface area contributed by atoms with Crippen molar-refractivity contribution < 1.29 is 33.7 Å². The lowest BCUT2D eigenvalue weighted by molar-refractivity contribution is 0.314. The molecule has 8 heteroatoms. The van der Waals surface area contributed by atoms with Crippen LogP contribution in [0.4, 0.5) is 8.78 Å². The lowest BCUT2D eigenvalue weighted by Crippen LogP contribution is -2.18. The summed E-state index contributed by atoms with van der Waals surface area (Å²) in [6.07, 6.45) is 0. The third-order valence-electron chi connectivity index (χ3n) is 4.54. The fourth-order valence-electron chi connectivity index (χ4n) is 2.99. The number of methoxy groups -OCH3 is 2. The van der Waals surface area contributed by atoms with E-state index in [1.54, 1.807) is 13.8 Å². The zero-order chi connectivity index (χ0) is 20.3. The molecule has 0 radical (unpaired) electrons. The van der Waals surface area contributed by atoms with E-state index in [0.29, 0.717) is 0 Å². The fraction of sp³-hybridized carbons (Fsp3) is 0.316. The van der Waals surface area contributed by atoms with Gasteiger partial charge in [-0.2, -0.15) is 0 Å². The highest BCUT2D eigenvalue weighted by molar-refractivity contribution is 5.96. The molecule has 2 aromatic carbocycles. The predicted octanol–water partition coefficient (Wildman–Crippen LogP) is 4.13. The molecule has 0 spiro atoms. The Morgan fingerprint density at radius 1 is 0.852 bits per heavy atom. The molecule has 2 rings (SSSR count). The average molecular weight is 381 g/mol. The Labute approximate surface area is 155 Å². The standard InChI is InChI=1S/C19H21F2NO5/c1-9(11-5-17(26-3)13(20)7-15(11)23)19(22-25)10(2)12-6-18(27-4)14(21)8-16(12)24/h5-10,23-25H,1-4H3. The number of hydrogen-bond donors (Lipinski definition) is 3. The van der Waals surface area contributed by atoms with Crippen LogP contribution in [0.25, 0.3) is 0 Å². The van der Waals surface area contributed by atoms with Gasteiger partial charge >= 0.3 is 0 Å². The van der Waals surface area contributed by atoms with Crippen LogP contribution in [0.2, 0.25) is 0 Å². The maximum absolute atomic E-state index is 13.7. The summed E-state index contributed by atoms with van der Waals surface area (Å²) in [5.41, 5.74) is 0.686. The summed E-state index contributed by atoms with van der Waals surface area (Å²) in [5.74, 6) is -3.64. The first-order valence-electron chi connectivity index (χ1n) is 8.09. The summed E-state index contributed by atoms with van der Waals surface area (Å²) >= 11 is 0. The Balaban J connectivity index is 2.48. The number of benzene rings is 2. The van der Waals surface area contributed by atoms with E-state index in [-0.39, 0.29) is 39.8 Å². The lowest BCUT2D eigenvalue weighted by Gasteiger charge is -2.22. The van der Waals surface area contributed by atoms with Gasteiger partial charge in [-0.15, -0.1) is 0 Å². The van der Waals surface area contributed by atoms with Gasteiger partial charge in [0.05, 0.1) is 19.9 Å².